The van der Waals surface area contributed by atoms with Gasteiger partial charge >= 0.3 is 12.2 Å². The summed E-state index contributed by atoms with van der Waals surface area (Å²) in [4.78, 5) is 11.8. The Morgan fingerprint density at radius 1 is 1.11 bits per heavy atom. The van der Waals surface area contributed by atoms with Crippen LogP contribution in [0.5, 0.6) is 5.75 Å². The molecule has 2 rings (SSSR count). The number of carbonyl (C=O) groups excluding carboxylic acids is 1. The van der Waals surface area contributed by atoms with Gasteiger partial charge < -0.3 is 15.4 Å². The lowest BCUT2D eigenvalue weighted by Crippen LogP contribution is -2.28. The summed E-state index contributed by atoms with van der Waals surface area (Å²) in [5.41, 5.74) is -0.361. The number of anilines is 1. The molecule has 2 aromatic rings. The zero-order chi connectivity index (χ0) is 20.4. The molecule has 0 atom stereocenters. The summed E-state index contributed by atoms with van der Waals surface area (Å²) in [6, 6.07) is 11.4. The van der Waals surface area contributed by atoms with E-state index in [1.807, 2.05) is 0 Å². The highest BCUT2D eigenvalue weighted by Crippen LogP contribution is 2.31. The molecule has 0 aliphatic rings. The molecule has 0 bridgehead atoms. The van der Waals surface area contributed by atoms with E-state index in [1.165, 1.54) is 18.2 Å². The Kier molecular flexibility index (Phi) is 7.76. The van der Waals surface area contributed by atoms with E-state index in [4.69, 9.17) is 4.74 Å². The fourth-order valence-corrected chi connectivity index (χ4v) is 2.25. The van der Waals surface area contributed by atoms with Crippen LogP contribution in [0.1, 0.15) is 30.9 Å². The number of hydrogen-bond acceptors (Lipinski definition) is 2. The molecule has 4 nitrogen and oxygen atoms in total. The molecule has 2 N–H and O–H groups in total. The Morgan fingerprint density at radius 2 is 1.82 bits per heavy atom. The van der Waals surface area contributed by atoms with Gasteiger partial charge in [-0.2, -0.15) is 13.2 Å². The van der Waals surface area contributed by atoms with Gasteiger partial charge in [0.15, 0.2) is 0 Å². The maximum atomic E-state index is 12.9. The standard InChI is InChI=1S/C21H21F3N2O2/c1-2-3-15-28-18-12-10-17(11-13-18)26-20(27)25-14-6-8-16-7-4-5-9-19(16)21(22,23)24/h4-5,7,9-13H,2-3,14-15H2,1H3,(H2,25,26,27). The van der Waals surface area contributed by atoms with Crippen molar-refractivity contribution in [2.75, 3.05) is 18.5 Å². The summed E-state index contributed by atoms with van der Waals surface area (Å²) in [5.74, 6) is 5.68. The van der Waals surface area contributed by atoms with Crippen LogP contribution in [0.2, 0.25) is 0 Å². The molecular formula is C21H21F3N2O2. The van der Waals surface area contributed by atoms with Gasteiger partial charge in [0.1, 0.15) is 5.75 Å². The van der Waals surface area contributed by atoms with Crippen LogP contribution in [0, 0.1) is 11.8 Å². The number of urea groups is 1. The van der Waals surface area contributed by atoms with Crippen molar-refractivity contribution in [3.63, 3.8) is 0 Å². The van der Waals surface area contributed by atoms with E-state index >= 15 is 0 Å². The number of alkyl halides is 3. The Hall–Kier alpha value is -3.14. The van der Waals surface area contributed by atoms with Gasteiger partial charge in [-0.3, -0.25) is 0 Å². The van der Waals surface area contributed by atoms with E-state index in [-0.39, 0.29) is 12.1 Å². The van der Waals surface area contributed by atoms with Crippen LogP contribution in [-0.4, -0.2) is 19.2 Å². The molecule has 0 aliphatic heterocycles. The third kappa shape index (κ3) is 6.88. The van der Waals surface area contributed by atoms with E-state index in [9.17, 15) is 18.0 Å². The zero-order valence-electron chi connectivity index (χ0n) is 15.4. The fraction of sp³-hybridized carbons (Fsp3) is 0.286. The van der Waals surface area contributed by atoms with E-state index in [0.29, 0.717) is 18.0 Å². The first-order valence-corrected chi connectivity index (χ1v) is 8.83. The summed E-state index contributed by atoms with van der Waals surface area (Å²) in [5, 5.41) is 5.10. The van der Waals surface area contributed by atoms with Crippen LogP contribution in [0.25, 0.3) is 0 Å². The molecule has 0 fully saturated rings. The molecule has 0 aromatic heterocycles. The number of ether oxygens (including phenoxy) is 1. The molecule has 0 radical (unpaired) electrons. The molecule has 0 saturated heterocycles. The summed E-state index contributed by atoms with van der Waals surface area (Å²) in [6.45, 7) is 2.63. The second-order valence-electron chi connectivity index (χ2n) is 5.88. The number of carbonyl (C=O) groups is 1. The Morgan fingerprint density at radius 3 is 2.50 bits per heavy atom. The molecule has 0 saturated carbocycles. The Balaban J connectivity index is 1.84. The van der Waals surface area contributed by atoms with Crippen LogP contribution in [0.4, 0.5) is 23.7 Å². The van der Waals surface area contributed by atoms with E-state index in [0.717, 1.165) is 18.9 Å². The van der Waals surface area contributed by atoms with Gasteiger partial charge in [0.05, 0.1) is 18.7 Å². The molecule has 0 heterocycles. The second-order valence-corrected chi connectivity index (χ2v) is 5.88. The summed E-state index contributed by atoms with van der Waals surface area (Å²) >= 11 is 0. The number of nitrogens with one attached hydrogen (secondary N) is 2. The number of benzene rings is 2. The lowest BCUT2D eigenvalue weighted by atomic mass is 10.1. The molecule has 148 valence electrons. The van der Waals surface area contributed by atoms with Gasteiger partial charge in [-0.25, -0.2) is 4.79 Å². The van der Waals surface area contributed by atoms with Crippen molar-refractivity contribution >= 4 is 11.7 Å². The van der Waals surface area contributed by atoms with E-state index in [1.54, 1.807) is 24.3 Å². The minimum atomic E-state index is -4.47. The summed E-state index contributed by atoms with van der Waals surface area (Å²) in [6.07, 6.45) is -2.45. The first-order valence-electron chi connectivity index (χ1n) is 8.83. The van der Waals surface area contributed by atoms with Crippen molar-refractivity contribution in [3.05, 3.63) is 59.7 Å². The van der Waals surface area contributed by atoms with Crippen molar-refractivity contribution < 1.29 is 22.7 Å². The predicted octanol–water partition coefficient (Wildman–Crippen LogP) is 5.06. The van der Waals surface area contributed by atoms with Crippen LogP contribution < -0.4 is 15.4 Å². The zero-order valence-corrected chi connectivity index (χ0v) is 15.4. The third-order valence-corrected chi connectivity index (χ3v) is 3.67. The van der Waals surface area contributed by atoms with Gasteiger partial charge in [-0.15, -0.1) is 0 Å². The number of hydrogen-bond donors (Lipinski definition) is 2. The van der Waals surface area contributed by atoms with Crippen molar-refractivity contribution in [2.24, 2.45) is 0 Å². The van der Waals surface area contributed by atoms with Crippen molar-refractivity contribution in [1.29, 1.82) is 0 Å². The lowest BCUT2D eigenvalue weighted by molar-refractivity contribution is -0.137. The molecule has 0 spiro atoms. The fourth-order valence-electron chi connectivity index (χ4n) is 2.25. The van der Waals surface area contributed by atoms with Crippen molar-refractivity contribution in [2.45, 2.75) is 25.9 Å². The molecule has 28 heavy (non-hydrogen) atoms. The van der Waals surface area contributed by atoms with Gasteiger partial charge in [-0.1, -0.05) is 37.3 Å². The van der Waals surface area contributed by atoms with Gasteiger partial charge in [-0.05, 0) is 42.8 Å². The number of halogens is 3. The Bertz CT molecular complexity index is 837. The molecule has 7 heteroatoms. The van der Waals surface area contributed by atoms with Crippen LogP contribution in [0.3, 0.4) is 0 Å². The highest BCUT2D eigenvalue weighted by atomic mass is 19.4. The summed E-state index contributed by atoms with van der Waals surface area (Å²) in [7, 11) is 0. The number of unbranched alkanes of at least 4 members (excludes halogenated alkanes) is 1. The van der Waals surface area contributed by atoms with E-state index < -0.39 is 17.8 Å². The van der Waals surface area contributed by atoms with Gasteiger partial charge in [0, 0.05) is 11.3 Å². The van der Waals surface area contributed by atoms with Gasteiger partial charge in [0.2, 0.25) is 0 Å². The number of rotatable bonds is 6. The normalized spacial score (nSPS) is 10.6. The largest absolute Gasteiger partial charge is 0.494 e. The SMILES string of the molecule is CCCCOc1ccc(NC(=O)NCC#Cc2ccccc2C(F)(F)F)cc1. The minimum Gasteiger partial charge on any atom is -0.494 e. The van der Waals surface area contributed by atoms with Crippen molar-refractivity contribution in [3.8, 4) is 17.6 Å². The molecule has 2 aromatic carbocycles. The average molecular weight is 390 g/mol. The monoisotopic (exact) mass is 390 g/mol. The first kappa shape index (κ1) is 21.2. The first-order chi connectivity index (χ1) is 13.4. The predicted molar refractivity (Wildman–Crippen MR) is 102 cm³/mol. The van der Waals surface area contributed by atoms with Gasteiger partial charge in [0.25, 0.3) is 0 Å². The topological polar surface area (TPSA) is 50.4 Å². The third-order valence-electron chi connectivity index (χ3n) is 3.67. The maximum absolute atomic E-state index is 12.9. The number of amides is 2. The van der Waals surface area contributed by atoms with Crippen LogP contribution >= 0.6 is 0 Å². The quantitative estimate of drug-likeness (QED) is 0.535. The molecular weight excluding hydrogens is 369 g/mol. The van der Waals surface area contributed by atoms with Crippen molar-refractivity contribution in [1.82, 2.24) is 5.32 Å². The van der Waals surface area contributed by atoms with Crippen LogP contribution in [-0.2, 0) is 6.18 Å². The average Bonchev–Trinajstić information content (AvgIpc) is 2.66. The second kappa shape index (κ2) is 10.3. The molecule has 0 unspecified atom stereocenters. The summed E-state index contributed by atoms with van der Waals surface area (Å²) < 4.78 is 44.2. The highest BCUT2D eigenvalue weighted by molar-refractivity contribution is 5.89. The maximum Gasteiger partial charge on any atom is 0.417 e. The molecule has 0 aliphatic carbocycles. The molecule has 2 amide bonds. The minimum absolute atomic E-state index is 0.0871. The smallest absolute Gasteiger partial charge is 0.417 e. The Labute approximate surface area is 162 Å². The highest BCUT2D eigenvalue weighted by Gasteiger charge is 2.32. The van der Waals surface area contributed by atoms with E-state index in [2.05, 4.69) is 29.4 Å². The lowest BCUT2D eigenvalue weighted by Gasteiger charge is -2.08. The van der Waals surface area contributed by atoms with Crippen LogP contribution in [0.15, 0.2) is 48.5 Å².